The van der Waals surface area contributed by atoms with E-state index in [4.69, 9.17) is 4.74 Å². The van der Waals surface area contributed by atoms with Crippen LogP contribution in [-0.2, 0) is 16.1 Å². The van der Waals surface area contributed by atoms with Crippen molar-refractivity contribution in [3.63, 3.8) is 0 Å². The van der Waals surface area contributed by atoms with Gasteiger partial charge < -0.3 is 24.8 Å². The van der Waals surface area contributed by atoms with Gasteiger partial charge in [0.05, 0.1) is 18.7 Å². The molecule has 2 heterocycles. The van der Waals surface area contributed by atoms with E-state index in [1.807, 2.05) is 12.1 Å². The van der Waals surface area contributed by atoms with Crippen molar-refractivity contribution in [2.24, 2.45) is 0 Å². The number of benzene rings is 1. The number of anilines is 1. The van der Waals surface area contributed by atoms with Crippen molar-refractivity contribution in [3.05, 3.63) is 30.5 Å². The first-order chi connectivity index (χ1) is 11.6. The Hall–Kier alpha value is -1.31. The number of ether oxygens (including phenoxy) is 1. The molecule has 1 fully saturated rings. The zero-order chi connectivity index (χ0) is 16.9. The van der Waals surface area contributed by atoms with E-state index in [0.717, 1.165) is 37.4 Å². The molecule has 2 aromatic rings. The number of fused-ring (bicyclic) bond motifs is 1. The highest BCUT2D eigenvalue weighted by atomic mass is 35.5. The highest BCUT2D eigenvalue weighted by molar-refractivity contribution is 5.94. The molecule has 0 bridgehead atoms. The van der Waals surface area contributed by atoms with Crippen LogP contribution in [0.25, 0.3) is 10.9 Å². The Kier molecular flexibility index (Phi) is 9.39. The van der Waals surface area contributed by atoms with Crippen LogP contribution in [0.4, 0.5) is 5.69 Å². The Labute approximate surface area is 167 Å². The Bertz CT molecular complexity index is 700. The predicted octanol–water partition coefficient (Wildman–Crippen LogP) is 2.36. The molecule has 0 radical (unpaired) electrons. The van der Waals surface area contributed by atoms with Gasteiger partial charge >= 0.3 is 0 Å². The molecule has 3 rings (SSSR count). The topological polar surface area (TPSA) is 58.5 Å². The number of halogens is 2. The van der Waals surface area contributed by atoms with Crippen LogP contribution < -0.4 is 10.6 Å². The molecule has 26 heavy (non-hydrogen) atoms. The van der Waals surface area contributed by atoms with E-state index in [2.05, 4.69) is 52.5 Å². The summed E-state index contributed by atoms with van der Waals surface area (Å²) >= 11 is 0. The summed E-state index contributed by atoms with van der Waals surface area (Å²) in [6, 6.07) is 8.28. The minimum absolute atomic E-state index is 0. The maximum atomic E-state index is 12.2. The average Bonchev–Trinajstić information content (AvgIpc) is 2.96. The van der Waals surface area contributed by atoms with Crippen LogP contribution in [0.3, 0.4) is 0 Å². The number of morpholine rings is 1. The SMILES string of the molecule is CN(C)CCn1ccc2ccc(NC(=O)CC3COCCN3)cc21.Cl.Cl. The fourth-order valence-corrected chi connectivity index (χ4v) is 2.95. The molecular formula is C18H28Cl2N4O2. The zero-order valence-corrected chi connectivity index (χ0v) is 16.9. The van der Waals surface area contributed by atoms with E-state index < -0.39 is 0 Å². The predicted molar refractivity (Wildman–Crippen MR) is 111 cm³/mol. The van der Waals surface area contributed by atoms with Gasteiger partial charge in [-0.2, -0.15) is 0 Å². The Morgan fingerprint density at radius 2 is 2.15 bits per heavy atom. The molecule has 0 spiro atoms. The molecule has 1 atom stereocenters. The van der Waals surface area contributed by atoms with Gasteiger partial charge in [-0.15, -0.1) is 24.8 Å². The smallest absolute Gasteiger partial charge is 0.226 e. The first kappa shape index (κ1) is 22.7. The second-order valence-electron chi connectivity index (χ2n) is 6.56. The molecule has 0 aliphatic carbocycles. The first-order valence-corrected chi connectivity index (χ1v) is 8.46. The summed E-state index contributed by atoms with van der Waals surface area (Å²) in [5.74, 6) is 0.0174. The second-order valence-corrected chi connectivity index (χ2v) is 6.56. The van der Waals surface area contributed by atoms with Crippen molar-refractivity contribution >= 4 is 47.3 Å². The third-order valence-corrected chi connectivity index (χ3v) is 4.28. The van der Waals surface area contributed by atoms with Gasteiger partial charge in [-0.05, 0) is 37.7 Å². The van der Waals surface area contributed by atoms with Gasteiger partial charge in [0.2, 0.25) is 5.91 Å². The average molecular weight is 403 g/mol. The maximum absolute atomic E-state index is 12.2. The number of hydrogen-bond acceptors (Lipinski definition) is 4. The fraction of sp³-hybridized carbons (Fsp3) is 0.500. The van der Waals surface area contributed by atoms with E-state index in [9.17, 15) is 4.79 Å². The zero-order valence-electron chi connectivity index (χ0n) is 15.2. The third-order valence-electron chi connectivity index (χ3n) is 4.28. The van der Waals surface area contributed by atoms with Crippen LogP contribution in [0.5, 0.6) is 0 Å². The summed E-state index contributed by atoms with van der Waals surface area (Å²) in [6.45, 7) is 4.03. The first-order valence-electron chi connectivity index (χ1n) is 8.46. The lowest BCUT2D eigenvalue weighted by molar-refractivity contribution is -0.117. The van der Waals surface area contributed by atoms with Crippen LogP contribution in [0, 0.1) is 0 Å². The van der Waals surface area contributed by atoms with Crippen molar-refractivity contribution in [2.45, 2.75) is 19.0 Å². The van der Waals surface area contributed by atoms with Crippen LogP contribution in [0.15, 0.2) is 30.5 Å². The normalized spacial score (nSPS) is 16.8. The summed E-state index contributed by atoms with van der Waals surface area (Å²) in [6.07, 6.45) is 2.53. The highest BCUT2D eigenvalue weighted by Gasteiger charge is 2.17. The van der Waals surface area contributed by atoms with E-state index in [1.54, 1.807) is 0 Å². The third kappa shape index (κ3) is 6.14. The largest absolute Gasteiger partial charge is 0.378 e. The number of nitrogens with zero attached hydrogens (tertiary/aromatic N) is 2. The summed E-state index contributed by atoms with van der Waals surface area (Å²) < 4.78 is 7.62. The summed E-state index contributed by atoms with van der Waals surface area (Å²) in [5, 5.41) is 7.50. The Balaban J connectivity index is 0.00000169. The summed E-state index contributed by atoms with van der Waals surface area (Å²) in [7, 11) is 4.14. The molecule has 1 amide bonds. The minimum atomic E-state index is 0. The lowest BCUT2D eigenvalue weighted by Gasteiger charge is -2.23. The lowest BCUT2D eigenvalue weighted by atomic mass is 10.2. The molecule has 1 aliphatic rings. The minimum Gasteiger partial charge on any atom is -0.378 e. The second kappa shape index (κ2) is 10.7. The lowest BCUT2D eigenvalue weighted by Crippen LogP contribution is -2.43. The molecule has 2 N–H and O–H groups in total. The van der Waals surface area contributed by atoms with Gasteiger partial charge in [0, 0.05) is 44.0 Å². The van der Waals surface area contributed by atoms with Crippen molar-refractivity contribution in [1.29, 1.82) is 0 Å². The summed E-state index contributed by atoms with van der Waals surface area (Å²) in [4.78, 5) is 14.4. The molecule has 146 valence electrons. The standard InChI is InChI=1S/C18H26N4O2.2ClH/c1-21(2)8-9-22-7-5-14-3-4-15(11-17(14)22)20-18(23)12-16-13-24-10-6-19-16;;/h3-5,7,11,16,19H,6,8-10,12-13H2,1-2H3,(H,20,23);2*1H. The van der Waals surface area contributed by atoms with Gasteiger partial charge in [-0.25, -0.2) is 0 Å². The van der Waals surface area contributed by atoms with Crippen molar-refractivity contribution in [2.75, 3.05) is 45.7 Å². The fourth-order valence-electron chi connectivity index (χ4n) is 2.95. The molecule has 1 aliphatic heterocycles. The van der Waals surface area contributed by atoms with Gasteiger partial charge in [0.25, 0.3) is 0 Å². The molecule has 1 unspecified atom stereocenters. The van der Waals surface area contributed by atoms with E-state index in [-0.39, 0.29) is 36.8 Å². The Morgan fingerprint density at radius 1 is 1.35 bits per heavy atom. The van der Waals surface area contributed by atoms with Crippen LogP contribution >= 0.6 is 24.8 Å². The highest BCUT2D eigenvalue weighted by Crippen LogP contribution is 2.21. The van der Waals surface area contributed by atoms with Gasteiger partial charge in [0.1, 0.15) is 0 Å². The van der Waals surface area contributed by atoms with Gasteiger partial charge in [-0.3, -0.25) is 4.79 Å². The number of nitrogens with one attached hydrogen (secondary N) is 2. The number of amides is 1. The molecule has 1 aromatic heterocycles. The number of hydrogen-bond donors (Lipinski definition) is 2. The van der Waals surface area contributed by atoms with E-state index in [0.29, 0.717) is 13.0 Å². The molecule has 0 saturated carbocycles. The van der Waals surface area contributed by atoms with E-state index in [1.165, 1.54) is 5.39 Å². The van der Waals surface area contributed by atoms with Crippen molar-refractivity contribution in [3.8, 4) is 0 Å². The molecule has 6 nitrogen and oxygen atoms in total. The molecule has 8 heteroatoms. The molecule has 1 saturated heterocycles. The summed E-state index contributed by atoms with van der Waals surface area (Å²) in [5.41, 5.74) is 1.99. The van der Waals surface area contributed by atoms with Gasteiger partial charge in [-0.1, -0.05) is 6.07 Å². The van der Waals surface area contributed by atoms with Crippen molar-refractivity contribution < 1.29 is 9.53 Å². The van der Waals surface area contributed by atoms with Gasteiger partial charge in [0.15, 0.2) is 0 Å². The number of carbonyl (C=O) groups excluding carboxylic acids is 1. The number of rotatable bonds is 6. The van der Waals surface area contributed by atoms with Crippen LogP contribution in [0.2, 0.25) is 0 Å². The van der Waals surface area contributed by atoms with Crippen LogP contribution in [0.1, 0.15) is 6.42 Å². The molecule has 1 aromatic carbocycles. The van der Waals surface area contributed by atoms with Crippen molar-refractivity contribution in [1.82, 2.24) is 14.8 Å². The molecular weight excluding hydrogens is 375 g/mol. The number of aromatic nitrogens is 1. The van der Waals surface area contributed by atoms with E-state index >= 15 is 0 Å². The maximum Gasteiger partial charge on any atom is 0.226 e. The Morgan fingerprint density at radius 3 is 2.85 bits per heavy atom. The number of carbonyl (C=O) groups is 1. The monoisotopic (exact) mass is 402 g/mol. The number of likely N-dealkylation sites (N-methyl/N-ethyl adjacent to an activating group) is 1. The quantitative estimate of drug-likeness (QED) is 0.778. The van der Waals surface area contributed by atoms with Crippen LogP contribution in [-0.4, -0.2) is 61.8 Å².